The van der Waals surface area contributed by atoms with Crippen molar-refractivity contribution in [2.24, 2.45) is 4.99 Å². The quantitative estimate of drug-likeness (QED) is 0.0639. The number of guanidine groups is 1. The Hall–Kier alpha value is -4.93. The van der Waals surface area contributed by atoms with E-state index >= 15 is 0 Å². The maximum Gasteiger partial charge on any atom is 0.437 e. The topological polar surface area (TPSA) is 223 Å². The lowest BCUT2D eigenvalue weighted by Crippen LogP contribution is -2.62. The van der Waals surface area contributed by atoms with Crippen molar-refractivity contribution in [2.45, 2.75) is 90.3 Å². The molecule has 16 nitrogen and oxygen atoms in total. The SMILES string of the molecule is CC(C)(C)OC(=O)/N=C(\NC(=O)OC(C)(C)C)Nc1cccc(C(=O)NCC(=O)NC[C@@](O)(NC(=O)c2c(Cl)cccc2Cl)C(=O)OC2CCCC2)c1. The van der Waals surface area contributed by atoms with Gasteiger partial charge in [-0.05, 0) is 97.6 Å². The second-order valence-electron chi connectivity index (χ2n) is 14.0. The number of alkyl carbamates (subject to hydrolysis) is 1. The summed E-state index contributed by atoms with van der Waals surface area (Å²) in [6.45, 7) is 8.42. The maximum absolute atomic E-state index is 13.1. The van der Waals surface area contributed by atoms with Crippen molar-refractivity contribution in [3.63, 3.8) is 0 Å². The van der Waals surface area contributed by atoms with Crippen molar-refractivity contribution in [3.05, 3.63) is 63.6 Å². The molecular weight excluding hydrogens is 735 g/mol. The molecule has 0 aromatic heterocycles. The first-order valence-corrected chi connectivity index (χ1v) is 17.3. The lowest BCUT2D eigenvalue weighted by atomic mass is 10.1. The van der Waals surface area contributed by atoms with Gasteiger partial charge in [0.05, 0.1) is 28.7 Å². The van der Waals surface area contributed by atoms with E-state index in [9.17, 15) is 33.9 Å². The van der Waals surface area contributed by atoms with Gasteiger partial charge in [-0.3, -0.25) is 19.7 Å². The summed E-state index contributed by atoms with van der Waals surface area (Å²) in [5, 5.41) is 23.2. The van der Waals surface area contributed by atoms with E-state index in [0.29, 0.717) is 12.8 Å². The first kappa shape index (κ1) is 42.5. The van der Waals surface area contributed by atoms with Crippen LogP contribution in [0.25, 0.3) is 0 Å². The third-order valence-electron chi connectivity index (χ3n) is 6.98. The normalized spacial score (nSPS) is 14.6. The molecule has 0 heterocycles. The minimum atomic E-state index is -2.73. The summed E-state index contributed by atoms with van der Waals surface area (Å²) < 4.78 is 15.9. The Morgan fingerprint density at radius 2 is 1.45 bits per heavy atom. The molecule has 6 N–H and O–H groups in total. The third-order valence-corrected chi connectivity index (χ3v) is 7.61. The van der Waals surface area contributed by atoms with Gasteiger partial charge in [0.1, 0.15) is 17.3 Å². The van der Waals surface area contributed by atoms with E-state index in [-0.39, 0.29) is 32.8 Å². The number of amides is 5. The van der Waals surface area contributed by atoms with Crippen LogP contribution in [0.3, 0.4) is 0 Å². The number of rotatable bonds is 10. The van der Waals surface area contributed by atoms with Crippen LogP contribution < -0.4 is 26.6 Å². The number of hydrogen-bond donors (Lipinski definition) is 6. The molecule has 5 amide bonds. The van der Waals surface area contributed by atoms with Gasteiger partial charge >= 0.3 is 18.2 Å². The summed E-state index contributed by atoms with van der Waals surface area (Å²) in [5.41, 5.74) is -4.41. The molecule has 1 aliphatic rings. The van der Waals surface area contributed by atoms with Crippen molar-refractivity contribution in [1.29, 1.82) is 0 Å². The van der Waals surface area contributed by atoms with E-state index in [2.05, 4.69) is 31.6 Å². The van der Waals surface area contributed by atoms with Crippen LogP contribution in [0, 0.1) is 0 Å². The maximum atomic E-state index is 13.1. The number of ether oxygens (including phenoxy) is 3. The van der Waals surface area contributed by atoms with Gasteiger partial charge in [0, 0.05) is 11.3 Å². The predicted octanol–water partition coefficient (Wildman–Crippen LogP) is 4.67. The summed E-state index contributed by atoms with van der Waals surface area (Å²) in [6.07, 6.45) is 0.357. The van der Waals surface area contributed by atoms with E-state index in [1.165, 1.54) is 42.5 Å². The standard InChI is InChI=1S/C35H44Cl2N6O10/c1-33(2,3)52-31(48)41-30(42-32(49)53-34(4,5)6)40-21-12-9-11-20(17-21)27(45)38-18-25(44)39-19-35(50,29(47)51-22-13-7-8-14-22)43-28(46)26-23(36)15-10-16-24(26)37/h9-12,15-17,22,50H,7-8,13-14,18-19H2,1-6H3,(H,38,45)(H,39,44)(H,43,46)(H2,40,41,42,48,49)/t35-/m0/s1. The van der Waals surface area contributed by atoms with E-state index in [1.807, 2.05) is 0 Å². The minimum absolute atomic E-state index is 0.0432. The van der Waals surface area contributed by atoms with Crippen LogP contribution in [-0.4, -0.2) is 83.1 Å². The summed E-state index contributed by atoms with van der Waals surface area (Å²) in [5.74, 6) is -4.10. The number of hydrogen-bond acceptors (Lipinski definition) is 10. The molecule has 53 heavy (non-hydrogen) atoms. The Bertz CT molecular complexity index is 1710. The lowest BCUT2D eigenvalue weighted by molar-refractivity contribution is -0.173. The van der Waals surface area contributed by atoms with Crippen molar-refractivity contribution >= 4 is 70.7 Å². The number of anilines is 1. The molecular formula is C35H44Cl2N6O10. The number of aliphatic imine (C=N–C) groups is 1. The highest BCUT2D eigenvalue weighted by Crippen LogP contribution is 2.26. The van der Waals surface area contributed by atoms with Crippen LogP contribution in [0.1, 0.15) is 87.9 Å². The number of esters is 1. The summed E-state index contributed by atoms with van der Waals surface area (Å²) in [4.78, 5) is 80.7. The van der Waals surface area contributed by atoms with Crippen LogP contribution in [-0.2, 0) is 23.8 Å². The molecule has 1 aliphatic carbocycles. The van der Waals surface area contributed by atoms with Gasteiger partial charge in [-0.25, -0.2) is 14.4 Å². The van der Waals surface area contributed by atoms with Crippen LogP contribution in [0.5, 0.6) is 0 Å². The second-order valence-corrected chi connectivity index (χ2v) is 14.8. The fraction of sp³-hybridized carbons (Fsp3) is 0.457. The summed E-state index contributed by atoms with van der Waals surface area (Å²) >= 11 is 12.3. The van der Waals surface area contributed by atoms with Crippen LogP contribution >= 0.6 is 23.2 Å². The molecule has 0 bridgehead atoms. The summed E-state index contributed by atoms with van der Waals surface area (Å²) in [6, 6.07) is 10.1. The Labute approximate surface area is 316 Å². The monoisotopic (exact) mass is 778 g/mol. The van der Waals surface area contributed by atoms with Gasteiger partial charge in [0.25, 0.3) is 17.5 Å². The Kier molecular flexibility index (Phi) is 14.6. The first-order valence-electron chi connectivity index (χ1n) is 16.6. The minimum Gasteiger partial charge on any atom is -0.459 e. The van der Waals surface area contributed by atoms with Crippen LogP contribution in [0.2, 0.25) is 10.0 Å². The molecule has 2 aromatic rings. The van der Waals surface area contributed by atoms with E-state index in [1.54, 1.807) is 41.5 Å². The molecule has 1 saturated carbocycles. The Morgan fingerprint density at radius 3 is 2.06 bits per heavy atom. The largest absolute Gasteiger partial charge is 0.459 e. The smallest absolute Gasteiger partial charge is 0.437 e. The van der Waals surface area contributed by atoms with Gasteiger partial charge < -0.3 is 40.6 Å². The molecule has 0 spiro atoms. The zero-order valence-electron chi connectivity index (χ0n) is 30.2. The number of halogens is 2. The molecule has 0 saturated heterocycles. The van der Waals surface area contributed by atoms with Crippen molar-refractivity contribution in [1.82, 2.24) is 21.3 Å². The lowest BCUT2D eigenvalue weighted by Gasteiger charge is -2.29. The van der Waals surface area contributed by atoms with E-state index in [4.69, 9.17) is 37.4 Å². The highest BCUT2D eigenvalue weighted by Gasteiger charge is 2.42. The van der Waals surface area contributed by atoms with Gasteiger partial charge in [0.15, 0.2) is 0 Å². The number of benzene rings is 2. The Morgan fingerprint density at radius 1 is 0.849 bits per heavy atom. The number of carbonyl (C=O) groups is 6. The van der Waals surface area contributed by atoms with Gasteiger partial charge in [0.2, 0.25) is 11.9 Å². The van der Waals surface area contributed by atoms with Gasteiger partial charge in [-0.15, -0.1) is 4.99 Å². The van der Waals surface area contributed by atoms with Crippen LogP contribution in [0.4, 0.5) is 15.3 Å². The molecule has 0 unspecified atom stereocenters. The Balaban J connectivity index is 1.68. The first-order chi connectivity index (χ1) is 24.6. The molecule has 288 valence electrons. The van der Waals surface area contributed by atoms with Gasteiger partial charge in [-0.1, -0.05) is 35.3 Å². The molecule has 2 aromatic carbocycles. The third kappa shape index (κ3) is 14.2. The van der Waals surface area contributed by atoms with Gasteiger partial charge in [-0.2, -0.15) is 0 Å². The highest BCUT2D eigenvalue weighted by molar-refractivity contribution is 6.39. The molecule has 3 rings (SSSR count). The zero-order valence-corrected chi connectivity index (χ0v) is 31.7. The summed E-state index contributed by atoms with van der Waals surface area (Å²) in [7, 11) is 0. The molecule has 1 atom stereocenters. The second kappa shape index (κ2) is 18.2. The fourth-order valence-corrected chi connectivity index (χ4v) is 5.25. The molecule has 0 aliphatic heterocycles. The number of carbonyl (C=O) groups excluding carboxylic acids is 6. The average Bonchev–Trinajstić information content (AvgIpc) is 3.54. The fourth-order valence-electron chi connectivity index (χ4n) is 4.68. The molecule has 0 radical (unpaired) electrons. The number of nitrogens with one attached hydrogen (secondary N) is 5. The van der Waals surface area contributed by atoms with Crippen LogP contribution in [0.15, 0.2) is 47.5 Å². The number of nitrogens with zero attached hydrogens (tertiary/aromatic N) is 1. The number of aliphatic hydroxyl groups is 1. The predicted molar refractivity (Wildman–Crippen MR) is 196 cm³/mol. The van der Waals surface area contributed by atoms with Crippen molar-refractivity contribution in [3.8, 4) is 0 Å². The van der Waals surface area contributed by atoms with E-state index < -0.39 is 72.0 Å². The van der Waals surface area contributed by atoms with Crippen molar-refractivity contribution in [2.75, 3.05) is 18.4 Å². The highest BCUT2D eigenvalue weighted by atomic mass is 35.5. The average molecular weight is 780 g/mol. The van der Waals surface area contributed by atoms with E-state index in [0.717, 1.165) is 12.8 Å². The molecule has 1 fully saturated rings. The molecule has 18 heteroatoms. The van der Waals surface area contributed by atoms with Crippen molar-refractivity contribution < 1.29 is 48.1 Å². The zero-order chi connectivity index (χ0) is 39.6.